The van der Waals surface area contributed by atoms with Crippen LogP contribution in [0.3, 0.4) is 0 Å². The summed E-state index contributed by atoms with van der Waals surface area (Å²) in [5, 5.41) is 9.79. The van der Waals surface area contributed by atoms with Crippen LogP contribution in [0, 0.1) is 0 Å². The number of rotatable bonds is 5. The van der Waals surface area contributed by atoms with E-state index in [1.807, 2.05) is 66.7 Å². The molecule has 2 aromatic carbocycles. The van der Waals surface area contributed by atoms with Crippen molar-refractivity contribution in [2.45, 2.75) is 5.03 Å². The molecule has 0 fully saturated rings. The number of hydrogen-bond acceptors (Lipinski definition) is 4. The van der Waals surface area contributed by atoms with Crippen molar-refractivity contribution in [1.29, 1.82) is 0 Å². The van der Waals surface area contributed by atoms with Crippen molar-refractivity contribution in [1.82, 2.24) is 10.2 Å². The first-order valence-electron chi connectivity index (χ1n) is 7.03. The van der Waals surface area contributed by atoms with Crippen LogP contribution in [0.5, 0.6) is 0 Å². The Bertz CT molecular complexity index is 790. The van der Waals surface area contributed by atoms with Crippen LogP contribution < -0.4 is 0 Å². The van der Waals surface area contributed by atoms with Crippen molar-refractivity contribution in [2.24, 2.45) is 0 Å². The van der Waals surface area contributed by atoms with E-state index in [0.717, 1.165) is 16.3 Å². The molecule has 0 unspecified atom stereocenters. The first kappa shape index (κ1) is 15.7. The molecule has 3 rings (SSSR count). The molecule has 0 amide bonds. The average molecular weight is 341 g/mol. The molecular weight excluding hydrogens is 328 g/mol. The number of carbonyl (C=O) groups is 1. The van der Waals surface area contributed by atoms with E-state index in [0.29, 0.717) is 16.3 Å². The van der Waals surface area contributed by atoms with Gasteiger partial charge in [0.05, 0.1) is 11.4 Å². The lowest BCUT2D eigenvalue weighted by atomic mass is 10.1. The van der Waals surface area contributed by atoms with Crippen LogP contribution in [-0.2, 0) is 0 Å². The van der Waals surface area contributed by atoms with Gasteiger partial charge >= 0.3 is 0 Å². The fourth-order valence-electron chi connectivity index (χ4n) is 2.02. The minimum atomic E-state index is 0.0826. The zero-order chi connectivity index (χ0) is 16.1. The van der Waals surface area contributed by atoms with Gasteiger partial charge in [-0.25, -0.2) is 0 Å². The van der Waals surface area contributed by atoms with Crippen LogP contribution in [0.15, 0.2) is 71.8 Å². The van der Waals surface area contributed by atoms with Crippen molar-refractivity contribution < 1.29 is 4.79 Å². The summed E-state index contributed by atoms with van der Waals surface area (Å²) in [5.74, 6) is 0.429. The number of thioether (sulfide) groups is 1. The molecule has 0 spiro atoms. The molecule has 0 N–H and O–H groups in total. The Balaban J connectivity index is 1.64. The van der Waals surface area contributed by atoms with E-state index in [2.05, 4.69) is 10.2 Å². The van der Waals surface area contributed by atoms with Gasteiger partial charge in [-0.2, -0.15) is 0 Å². The Kier molecular flexibility index (Phi) is 5.05. The molecule has 0 atom stereocenters. The van der Waals surface area contributed by atoms with Crippen molar-refractivity contribution >= 4 is 29.1 Å². The summed E-state index contributed by atoms with van der Waals surface area (Å²) >= 11 is 7.26. The molecule has 1 aromatic heterocycles. The highest BCUT2D eigenvalue weighted by atomic mass is 35.5. The van der Waals surface area contributed by atoms with E-state index < -0.39 is 0 Å². The Labute approximate surface area is 143 Å². The van der Waals surface area contributed by atoms with Crippen LogP contribution in [0.2, 0.25) is 5.02 Å². The number of hydrogen-bond donors (Lipinski definition) is 0. The Morgan fingerprint density at radius 1 is 0.913 bits per heavy atom. The summed E-state index contributed by atoms with van der Waals surface area (Å²) in [7, 11) is 0. The molecule has 0 saturated carbocycles. The summed E-state index contributed by atoms with van der Waals surface area (Å²) in [6.07, 6.45) is 0. The molecular formula is C18H13ClN2OS. The van der Waals surface area contributed by atoms with Crippen LogP contribution in [0.25, 0.3) is 11.3 Å². The predicted molar refractivity (Wildman–Crippen MR) is 94.0 cm³/mol. The molecule has 0 aliphatic heterocycles. The van der Waals surface area contributed by atoms with Gasteiger partial charge in [-0.3, -0.25) is 4.79 Å². The quantitative estimate of drug-likeness (QED) is 0.495. The maximum Gasteiger partial charge on any atom is 0.173 e. The smallest absolute Gasteiger partial charge is 0.173 e. The third-order valence-corrected chi connectivity index (χ3v) is 4.40. The number of halogens is 1. The molecule has 0 bridgehead atoms. The van der Waals surface area contributed by atoms with Crippen molar-refractivity contribution in [3.63, 3.8) is 0 Å². The van der Waals surface area contributed by atoms with Crippen molar-refractivity contribution in [2.75, 3.05) is 5.75 Å². The molecule has 0 aliphatic rings. The second-order valence-corrected chi connectivity index (χ2v) is 6.27. The van der Waals surface area contributed by atoms with E-state index in [1.54, 1.807) is 0 Å². The van der Waals surface area contributed by atoms with Gasteiger partial charge in [0.1, 0.15) is 5.03 Å². The third kappa shape index (κ3) is 4.18. The standard InChI is InChI=1S/C18H13ClN2OS/c19-15-8-6-13(7-9-15)16-10-11-18(21-20-16)23-12-17(22)14-4-2-1-3-5-14/h1-11H,12H2. The lowest BCUT2D eigenvalue weighted by Gasteiger charge is -2.03. The van der Waals surface area contributed by atoms with Crippen molar-refractivity contribution in [3.05, 3.63) is 77.3 Å². The SMILES string of the molecule is O=C(CSc1ccc(-c2ccc(Cl)cc2)nn1)c1ccccc1. The Morgan fingerprint density at radius 3 is 2.30 bits per heavy atom. The van der Waals surface area contributed by atoms with Crippen molar-refractivity contribution in [3.8, 4) is 11.3 Å². The van der Waals surface area contributed by atoms with E-state index in [1.165, 1.54) is 11.8 Å². The molecule has 0 saturated heterocycles. The van der Waals surface area contributed by atoms with Gasteiger partial charge in [0.2, 0.25) is 0 Å². The highest BCUT2D eigenvalue weighted by molar-refractivity contribution is 7.99. The van der Waals surface area contributed by atoms with Gasteiger partial charge in [-0.1, -0.05) is 65.8 Å². The number of aromatic nitrogens is 2. The molecule has 3 aromatic rings. The summed E-state index contributed by atoms with van der Waals surface area (Å²) in [6, 6.07) is 20.5. The third-order valence-electron chi connectivity index (χ3n) is 3.23. The minimum Gasteiger partial charge on any atom is -0.293 e. The maximum absolute atomic E-state index is 12.1. The zero-order valence-electron chi connectivity index (χ0n) is 12.1. The molecule has 0 aliphatic carbocycles. The fourth-order valence-corrected chi connectivity index (χ4v) is 2.85. The van der Waals surface area contributed by atoms with Crippen LogP contribution in [0.1, 0.15) is 10.4 Å². The van der Waals surface area contributed by atoms with Gasteiger partial charge < -0.3 is 0 Å². The molecule has 5 heteroatoms. The normalized spacial score (nSPS) is 10.5. The maximum atomic E-state index is 12.1. The summed E-state index contributed by atoms with van der Waals surface area (Å²) in [6.45, 7) is 0. The fraction of sp³-hybridized carbons (Fsp3) is 0.0556. The number of nitrogens with zero attached hydrogens (tertiary/aromatic N) is 2. The number of benzene rings is 2. The average Bonchev–Trinajstić information content (AvgIpc) is 2.61. The predicted octanol–water partition coefficient (Wildman–Crippen LogP) is 4.77. The summed E-state index contributed by atoms with van der Waals surface area (Å²) in [4.78, 5) is 12.1. The number of carbonyl (C=O) groups excluding carboxylic acids is 1. The molecule has 23 heavy (non-hydrogen) atoms. The largest absolute Gasteiger partial charge is 0.293 e. The number of ketones is 1. The zero-order valence-corrected chi connectivity index (χ0v) is 13.7. The lowest BCUT2D eigenvalue weighted by Crippen LogP contribution is -2.02. The van der Waals surface area contributed by atoms with E-state index in [-0.39, 0.29) is 5.78 Å². The van der Waals surface area contributed by atoms with Gasteiger partial charge in [-0.15, -0.1) is 10.2 Å². The van der Waals surface area contributed by atoms with Gasteiger partial charge in [-0.05, 0) is 24.3 Å². The van der Waals surface area contributed by atoms with Crippen LogP contribution in [-0.4, -0.2) is 21.7 Å². The van der Waals surface area contributed by atoms with E-state index >= 15 is 0 Å². The highest BCUT2D eigenvalue weighted by Crippen LogP contribution is 2.22. The highest BCUT2D eigenvalue weighted by Gasteiger charge is 2.07. The Hall–Kier alpha value is -2.17. The van der Waals surface area contributed by atoms with Gasteiger partial charge in [0.25, 0.3) is 0 Å². The Morgan fingerprint density at radius 2 is 1.65 bits per heavy atom. The second kappa shape index (κ2) is 7.40. The topological polar surface area (TPSA) is 42.9 Å². The summed E-state index contributed by atoms with van der Waals surface area (Å²) < 4.78 is 0. The first-order valence-corrected chi connectivity index (χ1v) is 8.39. The van der Waals surface area contributed by atoms with Gasteiger partial charge in [0.15, 0.2) is 5.78 Å². The van der Waals surface area contributed by atoms with Crippen LogP contribution >= 0.6 is 23.4 Å². The monoisotopic (exact) mass is 340 g/mol. The van der Waals surface area contributed by atoms with Crippen LogP contribution in [0.4, 0.5) is 0 Å². The van der Waals surface area contributed by atoms with Gasteiger partial charge in [0, 0.05) is 16.1 Å². The number of Topliss-reactive ketones (excluding diaryl/α,β-unsaturated/α-hetero) is 1. The second-order valence-electron chi connectivity index (χ2n) is 4.84. The molecule has 0 radical (unpaired) electrons. The minimum absolute atomic E-state index is 0.0826. The molecule has 3 nitrogen and oxygen atoms in total. The van der Waals surface area contributed by atoms with E-state index in [9.17, 15) is 4.79 Å². The summed E-state index contributed by atoms with van der Waals surface area (Å²) in [5.41, 5.74) is 2.45. The lowest BCUT2D eigenvalue weighted by molar-refractivity contribution is 0.102. The van der Waals surface area contributed by atoms with E-state index in [4.69, 9.17) is 11.6 Å². The first-order chi connectivity index (χ1) is 11.2. The molecule has 1 heterocycles. The molecule has 114 valence electrons.